The number of amides is 1. The van der Waals surface area contributed by atoms with E-state index >= 15 is 0 Å². The van der Waals surface area contributed by atoms with Crippen LogP contribution < -0.4 is 10.1 Å². The molecule has 0 saturated heterocycles. The number of halogens is 1. The highest BCUT2D eigenvalue weighted by molar-refractivity contribution is 8.00. The fourth-order valence-electron chi connectivity index (χ4n) is 2.49. The SMILES string of the molecule is COc1ccccc1NC(=O)CSc1nc(-c2ccc(Cl)cc2)ccc1C#N. The van der Waals surface area contributed by atoms with Crippen molar-refractivity contribution in [3.63, 3.8) is 0 Å². The summed E-state index contributed by atoms with van der Waals surface area (Å²) in [5, 5.41) is 13.3. The number of aromatic nitrogens is 1. The minimum atomic E-state index is -0.211. The van der Waals surface area contributed by atoms with E-state index in [0.717, 1.165) is 5.56 Å². The Hall–Kier alpha value is -3.01. The van der Waals surface area contributed by atoms with Crippen molar-refractivity contribution in [3.05, 3.63) is 71.2 Å². The molecule has 28 heavy (non-hydrogen) atoms. The van der Waals surface area contributed by atoms with E-state index in [2.05, 4.69) is 16.4 Å². The van der Waals surface area contributed by atoms with Gasteiger partial charge in [-0.3, -0.25) is 4.79 Å². The molecule has 3 rings (SSSR count). The van der Waals surface area contributed by atoms with Gasteiger partial charge in [0.05, 0.1) is 29.8 Å². The minimum Gasteiger partial charge on any atom is -0.495 e. The predicted octanol–water partition coefficient (Wildman–Crippen LogP) is 5.01. The number of pyridine rings is 1. The van der Waals surface area contributed by atoms with E-state index in [0.29, 0.717) is 32.7 Å². The number of carbonyl (C=O) groups is 1. The molecule has 0 atom stereocenters. The number of thioether (sulfide) groups is 1. The Kier molecular flexibility index (Phi) is 6.53. The van der Waals surface area contributed by atoms with Crippen molar-refractivity contribution in [1.29, 1.82) is 5.26 Å². The lowest BCUT2D eigenvalue weighted by Crippen LogP contribution is -2.15. The Labute approximate surface area is 172 Å². The highest BCUT2D eigenvalue weighted by atomic mass is 35.5. The fraction of sp³-hybridized carbons (Fsp3) is 0.0952. The van der Waals surface area contributed by atoms with Crippen molar-refractivity contribution in [3.8, 4) is 23.1 Å². The van der Waals surface area contributed by atoms with Crippen molar-refractivity contribution in [2.24, 2.45) is 0 Å². The Bertz CT molecular complexity index is 1030. The molecule has 0 fully saturated rings. The normalized spacial score (nSPS) is 10.2. The van der Waals surface area contributed by atoms with Crippen molar-refractivity contribution >= 4 is 35.0 Å². The van der Waals surface area contributed by atoms with Gasteiger partial charge in [0.25, 0.3) is 0 Å². The average molecular weight is 410 g/mol. The summed E-state index contributed by atoms with van der Waals surface area (Å²) in [5.74, 6) is 0.489. The van der Waals surface area contributed by atoms with E-state index in [-0.39, 0.29) is 11.7 Å². The van der Waals surface area contributed by atoms with Crippen LogP contribution in [0.1, 0.15) is 5.56 Å². The second kappa shape index (κ2) is 9.27. The van der Waals surface area contributed by atoms with Crippen LogP contribution in [0.5, 0.6) is 5.75 Å². The third-order valence-electron chi connectivity index (χ3n) is 3.84. The summed E-state index contributed by atoms with van der Waals surface area (Å²) in [5.41, 5.74) is 2.62. The Morgan fingerprint density at radius 1 is 1.18 bits per heavy atom. The van der Waals surface area contributed by atoms with Crippen molar-refractivity contribution in [2.45, 2.75) is 5.03 Å². The van der Waals surface area contributed by atoms with Gasteiger partial charge in [-0.25, -0.2) is 4.98 Å². The smallest absolute Gasteiger partial charge is 0.234 e. The molecule has 2 aromatic carbocycles. The van der Waals surface area contributed by atoms with Crippen LogP contribution in [0.15, 0.2) is 65.7 Å². The number of anilines is 1. The van der Waals surface area contributed by atoms with Crippen LogP contribution in [-0.4, -0.2) is 23.8 Å². The molecule has 0 bridgehead atoms. The molecule has 0 radical (unpaired) electrons. The van der Waals surface area contributed by atoms with Gasteiger partial charge in [-0.1, -0.05) is 47.6 Å². The van der Waals surface area contributed by atoms with Gasteiger partial charge in [0.1, 0.15) is 16.8 Å². The second-order valence-corrected chi connectivity index (χ2v) is 7.11. The number of benzene rings is 2. The maximum absolute atomic E-state index is 12.3. The molecule has 0 aliphatic rings. The monoisotopic (exact) mass is 409 g/mol. The summed E-state index contributed by atoms with van der Waals surface area (Å²) in [7, 11) is 1.55. The number of nitriles is 1. The lowest BCUT2D eigenvalue weighted by molar-refractivity contribution is -0.113. The molecule has 1 heterocycles. The van der Waals surface area contributed by atoms with Gasteiger partial charge >= 0.3 is 0 Å². The lowest BCUT2D eigenvalue weighted by atomic mass is 10.1. The third-order valence-corrected chi connectivity index (χ3v) is 5.08. The second-order valence-electron chi connectivity index (χ2n) is 5.71. The van der Waals surface area contributed by atoms with Gasteiger partial charge in [-0.05, 0) is 36.4 Å². The van der Waals surface area contributed by atoms with Gasteiger partial charge < -0.3 is 10.1 Å². The van der Waals surface area contributed by atoms with Crippen LogP contribution in [0, 0.1) is 11.3 Å². The molecule has 140 valence electrons. The van der Waals surface area contributed by atoms with Gasteiger partial charge in [-0.15, -0.1) is 0 Å². The van der Waals surface area contributed by atoms with Crippen LogP contribution >= 0.6 is 23.4 Å². The average Bonchev–Trinajstić information content (AvgIpc) is 2.73. The standard InChI is InChI=1S/C21H16ClN3O2S/c1-27-19-5-3-2-4-18(19)24-20(26)13-28-21-15(12-23)8-11-17(25-21)14-6-9-16(22)10-7-14/h2-11H,13H2,1H3,(H,24,26). The summed E-state index contributed by atoms with van der Waals surface area (Å²) >= 11 is 7.14. The van der Waals surface area contributed by atoms with Crippen molar-refractivity contribution in [2.75, 3.05) is 18.2 Å². The molecule has 1 amide bonds. The maximum atomic E-state index is 12.3. The summed E-state index contributed by atoms with van der Waals surface area (Å²) < 4.78 is 5.23. The third kappa shape index (κ3) is 4.83. The minimum absolute atomic E-state index is 0.115. The summed E-state index contributed by atoms with van der Waals surface area (Å²) in [4.78, 5) is 16.9. The number of carbonyl (C=O) groups excluding carboxylic acids is 1. The van der Waals surface area contributed by atoms with E-state index < -0.39 is 0 Å². The van der Waals surface area contributed by atoms with Gasteiger partial charge in [0.15, 0.2) is 0 Å². The lowest BCUT2D eigenvalue weighted by Gasteiger charge is -2.10. The van der Waals surface area contributed by atoms with Crippen LogP contribution in [-0.2, 0) is 4.79 Å². The first-order valence-corrected chi connectivity index (χ1v) is 9.70. The zero-order valence-electron chi connectivity index (χ0n) is 15.0. The van der Waals surface area contributed by atoms with Gasteiger partial charge in [-0.2, -0.15) is 5.26 Å². The number of ether oxygens (including phenoxy) is 1. The van der Waals surface area contributed by atoms with E-state index in [1.54, 1.807) is 43.5 Å². The first kappa shape index (κ1) is 19.7. The van der Waals surface area contributed by atoms with Crippen LogP contribution in [0.25, 0.3) is 11.3 Å². The number of methoxy groups -OCH3 is 1. The Balaban J connectivity index is 1.74. The highest BCUT2D eigenvalue weighted by Crippen LogP contribution is 2.27. The Morgan fingerprint density at radius 3 is 2.64 bits per heavy atom. The van der Waals surface area contributed by atoms with E-state index in [1.165, 1.54) is 11.8 Å². The number of rotatable bonds is 6. The molecule has 1 N–H and O–H groups in total. The topological polar surface area (TPSA) is 75.0 Å². The van der Waals surface area contributed by atoms with E-state index in [1.807, 2.05) is 24.3 Å². The number of nitrogens with zero attached hydrogens (tertiary/aromatic N) is 2. The van der Waals surface area contributed by atoms with Gasteiger partial charge in [0.2, 0.25) is 5.91 Å². The number of hydrogen-bond donors (Lipinski definition) is 1. The highest BCUT2D eigenvalue weighted by Gasteiger charge is 2.12. The van der Waals surface area contributed by atoms with Crippen LogP contribution in [0.3, 0.4) is 0 Å². The molecule has 7 heteroatoms. The first-order chi connectivity index (χ1) is 13.6. The van der Waals surface area contributed by atoms with Crippen LogP contribution in [0.2, 0.25) is 5.02 Å². The number of nitrogens with one attached hydrogen (secondary N) is 1. The van der Waals surface area contributed by atoms with Crippen LogP contribution in [0.4, 0.5) is 5.69 Å². The molecule has 1 aromatic heterocycles. The summed E-state index contributed by atoms with van der Waals surface area (Å²) in [6.45, 7) is 0. The largest absolute Gasteiger partial charge is 0.495 e. The molecule has 0 aliphatic heterocycles. The summed E-state index contributed by atoms with van der Waals surface area (Å²) in [6, 6.07) is 20.1. The molecule has 5 nitrogen and oxygen atoms in total. The molecular formula is C21H16ClN3O2S. The Morgan fingerprint density at radius 2 is 1.93 bits per heavy atom. The maximum Gasteiger partial charge on any atom is 0.234 e. The zero-order chi connectivity index (χ0) is 19.9. The number of hydrogen-bond acceptors (Lipinski definition) is 5. The molecule has 0 spiro atoms. The van der Waals surface area contributed by atoms with Crippen molar-refractivity contribution in [1.82, 2.24) is 4.98 Å². The van der Waals surface area contributed by atoms with Gasteiger partial charge in [0, 0.05) is 10.6 Å². The zero-order valence-corrected chi connectivity index (χ0v) is 16.6. The van der Waals surface area contributed by atoms with Crippen molar-refractivity contribution < 1.29 is 9.53 Å². The molecule has 0 unspecified atom stereocenters. The molecule has 0 aliphatic carbocycles. The predicted molar refractivity (Wildman–Crippen MR) is 112 cm³/mol. The van der Waals surface area contributed by atoms with E-state index in [4.69, 9.17) is 16.3 Å². The molecular weight excluding hydrogens is 394 g/mol. The molecule has 0 saturated carbocycles. The van der Waals surface area contributed by atoms with E-state index in [9.17, 15) is 10.1 Å². The number of para-hydroxylation sites is 2. The first-order valence-electron chi connectivity index (χ1n) is 8.33. The quantitative estimate of drug-likeness (QED) is 0.579. The fourth-order valence-corrected chi connectivity index (χ4v) is 3.38. The molecule has 3 aromatic rings. The summed E-state index contributed by atoms with van der Waals surface area (Å²) in [6.07, 6.45) is 0.